The Kier molecular flexibility index (Phi) is 5.55. The molecule has 3 aliphatic rings. The molecule has 3 aliphatic heterocycles. The van der Waals surface area contributed by atoms with Gasteiger partial charge in [-0.2, -0.15) is 0 Å². The number of aliphatic hydroxyl groups excluding tert-OH is 1. The van der Waals surface area contributed by atoms with Gasteiger partial charge in [0.1, 0.15) is 0 Å². The highest BCUT2D eigenvalue weighted by Gasteiger charge is 2.36. The highest BCUT2D eigenvalue weighted by molar-refractivity contribution is 5.79. The van der Waals surface area contributed by atoms with E-state index in [0.717, 1.165) is 43.7 Å². The number of aliphatic hydroxyl groups is 1. The standard InChI is InChI=1S/C23H28N2O2/c26-17-20-8-6-18(7-9-20)12-23(27)25-15-21-10-11-22(25)16-24(14-21)13-19-4-2-1-3-5-19/h1-9,21-22,26H,10-17H2/t21-,22+/m0/s1. The van der Waals surface area contributed by atoms with E-state index in [2.05, 4.69) is 40.1 Å². The van der Waals surface area contributed by atoms with Crippen molar-refractivity contribution in [1.82, 2.24) is 9.80 Å². The molecule has 3 fully saturated rings. The second-order valence-electron chi connectivity index (χ2n) is 7.97. The fourth-order valence-corrected chi connectivity index (χ4v) is 4.49. The summed E-state index contributed by atoms with van der Waals surface area (Å²) >= 11 is 0. The van der Waals surface area contributed by atoms with Gasteiger partial charge in [-0.25, -0.2) is 0 Å². The van der Waals surface area contributed by atoms with Gasteiger partial charge in [0.15, 0.2) is 0 Å². The lowest BCUT2D eigenvalue weighted by molar-refractivity contribution is -0.134. The van der Waals surface area contributed by atoms with Crippen LogP contribution in [0.5, 0.6) is 0 Å². The summed E-state index contributed by atoms with van der Waals surface area (Å²) in [6, 6.07) is 18.7. The van der Waals surface area contributed by atoms with Crippen LogP contribution in [0.1, 0.15) is 29.5 Å². The Labute approximate surface area is 161 Å². The summed E-state index contributed by atoms with van der Waals surface area (Å²) in [5.41, 5.74) is 3.26. The van der Waals surface area contributed by atoms with Gasteiger partial charge >= 0.3 is 0 Å². The third-order valence-electron chi connectivity index (χ3n) is 5.92. The van der Waals surface area contributed by atoms with E-state index in [9.17, 15) is 4.79 Å². The molecule has 0 unspecified atom stereocenters. The van der Waals surface area contributed by atoms with Crippen LogP contribution in [0, 0.1) is 5.92 Å². The first-order valence-corrected chi connectivity index (χ1v) is 9.95. The molecule has 0 radical (unpaired) electrons. The third-order valence-corrected chi connectivity index (χ3v) is 5.92. The molecule has 0 spiro atoms. The Morgan fingerprint density at radius 2 is 1.63 bits per heavy atom. The summed E-state index contributed by atoms with van der Waals surface area (Å²) < 4.78 is 0. The van der Waals surface area contributed by atoms with Crippen molar-refractivity contribution < 1.29 is 9.90 Å². The lowest BCUT2D eigenvalue weighted by Gasteiger charge is -2.36. The van der Waals surface area contributed by atoms with E-state index in [1.807, 2.05) is 24.3 Å². The number of benzene rings is 2. The average Bonchev–Trinajstić information content (AvgIpc) is 3.00. The quantitative estimate of drug-likeness (QED) is 0.887. The molecular formula is C23H28N2O2. The minimum atomic E-state index is 0.0430. The molecule has 3 heterocycles. The number of amides is 1. The van der Waals surface area contributed by atoms with E-state index in [1.54, 1.807) is 0 Å². The Bertz CT molecular complexity index is 760. The minimum absolute atomic E-state index is 0.0430. The molecule has 2 atom stereocenters. The molecule has 0 aliphatic carbocycles. The van der Waals surface area contributed by atoms with E-state index in [4.69, 9.17) is 5.11 Å². The van der Waals surface area contributed by atoms with Gasteiger partial charge in [0.2, 0.25) is 5.91 Å². The molecular weight excluding hydrogens is 336 g/mol. The summed E-state index contributed by atoms with van der Waals surface area (Å²) in [5, 5.41) is 9.17. The van der Waals surface area contributed by atoms with Gasteiger partial charge in [0.05, 0.1) is 13.0 Å². The summed E-state index contributed by atoms with van der Waals surface area (Å²) in [5.74, 6) is 0.816. The van der Waals surface area contributed by atoms with Crippen molar-refractivity contribution in [3.63, 3.8) is 0 Å². The average molecular weight is 364 g/mol. The first-order valence-electron chi connectivity index (χ1n) is 9.95. The fraction of sp³-hybridized carbons (Fsp3) is 0.435. The molecule has 1 N–H and O–H groups in total. The van der Waals surface area contributed by atoms with Crippen molar-refractivity contribution >= 4 is 5.91 Å². The maximum absolute atomic E-state index is 13.0. The summed E-state index contributed by atoms with van der Waals surface area (Å²) in [6.07, 6.45) is 2.80. The number of rotatable bonds is 5. The minimum Gasteiger partial charge on any atom is -0.392 e. The van der Waals surface area contributed by atoms with Crippen LogP contribution in [-0.4, -0.2) is 46.5 Å². The van der Waals surface area contributed by atoms with Gasteiger partial charge in [-0.05, 0) is 35.4 Å². The summed E-state index contributed by atoms with van der Waals surface area (Å²) in [6.45, 7) is 3.96. The molecule has 27 heavy (non-hydrogen) atoms. The molecule has 142 valence electrons. The second kappa shape index (κ2) is 8.24. The molecule has 5 rings (SSSR count). The number of carbonyl (C=O) groups excluding carboxylic acids is 1. The van der Waals surface area contributed by atoms with Gasteiger partial charge in [-0.15, -0.1) is 0 Å². The van der Waals surface area contributed by atoms with Crippen LogP contribution in [0.3, 0.4) is 0 Å². The van der Waals surface area contributed by atoms with Gasteiger partial charge in [0.25, 0.3) is 0 Å². The summed E-state index contributed by atoms with van der Waals surface area (Å²) in [7, 11) is 0. The maximum Gasteiger partial charge on any atom is 0.227 e. The Hall–Kier alpha value is -2.17. The smallest absolute Gasteiger partial charge is 0.227 e. The van der Waals surface area contributed by atoms with Crippen LogP contribution >= 0.6 is 0 Å². The van der Waals surface area contributed by atoms with Crippen LogP contribution in [0.4, 0.5) is 0 Å². The number of nitrogens with zero attached hydrogens (tertiary/aromatic N) is 2. The molecule has 0 saturated carbocycles. The van der Waals surface area contributed by atoms with Crippen LogP contribution in [-0.2, 0) is 24.4 Å². The molecule has 2 aromatic carbocycles. The highest BCUT2D eigenvalue weighted by Crippen LogP contribution is 2.29. The SMILES string of the molecule is O=C(Cc1ccc(CO)cc1)N1C[C@H]2CC[C@@H]1CN(Cc1ccccc1)C2. The number of piperidine rings is 1. The first kappa shape index (κ1) is 18.2. The topological polar surface area (TPSA) is 43.8 Å². The molecule has 3 saturated heterocycles. The number of hydrogen-bond acceptors (Lipinski definition) is 3. The molecule has 0 aromatic heterocycles. The summed E-state index contributed by atoms with van der Waals surface area (Å²) in [4.78, 5) is 17.7. The Morgan fingerprint density at radius 1 is 0.889 bits per heavy atom. The van der Waals surface area contributed by atoms with E-state index >= 15 is 0 Å². The normalized spacial score (nSPS) is 22.6. The lowest BCUT2D eigenvalue weighted by atomic mass is 9.94. The molecule has 2 aromatic rings. The van der Waals surface area contributed by atoms with Crippen molar-refractivity contribution in [3.8, 4) is 0 Å². The number of carbonyl (C=O) groups is 1. The van der Waals surface area contributed by atoms with Crippen LogP contribution in [0.15, 0.2) is 54.6 Å². The fourth-order valence-electron chi connectivity index (χ4n) is 4.49. The van der Waals surface area contributed by atoms with Crippen molar-refractivity contribution in [3.05, 3.63) is 71.3 Å². The zero-order valence-corrected chi connectivity index (χ0v) is 15.8. The van der Waals surface area contributed by atoms with Gasteiger partial charge in [0, 0.05) is 32.2 Å². The second-order valence-corrected chi connectivity index (χ2v) is 7.97. The Balaban J connectivity index is 1.41. The predicted molar refractivity (Wildman–Crippen MR) is 106 cm³/mol. The van der Waals surface area contributed by atoms with Gasteiger partial charge in [-0.1, -0.05) is 54.6 Å². The van der Waals surface area contributed by atoms with Crippen molar-refractivity contribution in [1.29, 1.82) is 0 Å². The van der Waals surface area contributed by atoms with Gasteiger partial charge in [-0.3, -0.25) is 9.69 Å². The number of fused-ring (bicyclic) bond motifs is 4. The van der Waals surface area contributed by atoms with Gasteiger partial charge < -0.3 is 10.0 Å². The van der Waals surface area contributed by atoms with Crippen LogP contribution in [0.2, 0.25) is 0 Å². The highest BCUT2D eigenvalue weighted by atomic mass is 16.3. The van der Waals surface area contributed by atoms with Crippen molar-refractivity contribution in [2.45, 2.75) is 38.5 Å². The van der Waals surface area contributed by atoms with Crippen molar-refractivity contribution in [2.75, 3.05) is 19.6 Å². The molecule has 4 nitrogen and oxygen atoms in total. The van der Waals surface area contributed by atoms with Crippen molar-refractivity contribution in [2.24, 2.45) is 5.92 Å². The zero-order chi connectivity index (χ0) is 18.6. The van der Waals surface area contributed by atoms with E-state index in [-0.39, 0.29) is 12.5 Å². The lowest BCUT2D eigenvalue weighted by Crippen LogP contribution is -2.48. The molecule has 1 amide bonds. The zero-order valence-electron chi connectivity index (χ0n) is 15.8. The first-order chi connectivity index (χ1) is 13.2. The molecule has 2 bridgehead atoms. The predicted octanol–water partition coefficient (Wildman–Crippen LogP) is 2.84. The van der Waals surface area contributed by atoms with Crippen LogP contribution < -0.4 is 0 Å². The van der Waals surface area contributed by atoms with Crippen LogP contribution in [0.25, 0.3) is 0 Å². The van der Waals surface area contributed by atoms with E-state index < -0.39 is 0 Å². The Morgan fingerprint density at radius 3 is 2.37 bits per heavy atom. The monoisotopic (exact) mass is 364 g/mol. The van der Waals surface area contributed by atoms with E-state index in [0.29, 0.717) is 18.4 Å². The maximum atomic E-state index is 13.0. The third kappa shape index (κ3) is 4.40. The number of hydrogen-bond donors (Lipinski definition) is 1. The van der Waals surface area contributed by atoms with E-state index in [1.165, 1.54) is 12.0 Å². The largest absolute Gasteiger partial charge is 0.392 e. The molecule has 4 heteroatoms.